The van der Waals surface area contributed by atoms with Crippen LogP contribution in [0.4, 0.5) is 4.79 Å². The smallest absolute Gasteiger partial charge is 0.327 e. The molecule has 1 aliphatic heterocycles. The summed E-state index contributed by atoms with van der Waals surface area (Å²) in [5.41, 5.74) is 11.3. The number of aliphatic carboxylic acids is 1. The summed E-state index contributed by atoms with van der Waals surface area (Å²) in [6, 6.07) is 6.95. The van der Waals surface area contributed by atoms with Gasteiger partial charge in [0.1, 0.15) is 0 Å². The third-order valence-corrected chi connectivity index (χ3v) is 4.29. The second-order valence-corrected chi connectivity index (χ2v) is 6.13. The van der Waals surface area contributed by atoms with Crippen LogP contribution in [0.3, 0.4) is 0 Å². The van der Waals surface area contributed by atoms with Crippen LogP contribution in [-0.2, 0) is 9.59 Å². The molecule has 2 rings (SSSR count). The fourth-order valence-corrected chi connectivity index (χ4v) is 2.94. The van der Waals surface area contributed by atoms with Crippen LogP contribution < -0.4 is 16.8 Å². The van der Waals surface area contributed by atoms with E-state index in [0.717, 1.165) is 10.5 Å². The Labute approximate surface area is 151 Å². The first-order chi connectivity index (χ1) is 12.3. The molecule has 1 aromatic rings. The minimum Gasteiger partial charge on any atom is -0.480 e. The number of carbonyl (C=O) groups excluding carboxylic acids is 2. The molecule has 1 heterocycles. The van der Waals surface area contributed by atoms with Crippen LogP contribution in [0.2, 0.25) is 0 Å². The van der Waals surface area contributed by atoms with Crippen molar-refractivity contribution in [3.05, 3.63) is 35.9 Å². The van der Waals surface area contributed by atoms with Gasteiger partial charge in [0.25, 0.3) is 0 Å². The van der Waals surface area contributed by atoms with Crippen LogP contribution >= 0.6 is 0 Å². The van der Waals surface area contributed by atoms with Crippen molar-refractivity contribution in [2.75, 3.05) is 6.54 Å². The summed E-state index contributed by atoms with van der Waals surface area (Å²) in [6.45, 7) is 2.07. The van der Waals surface area contributed by atoms with E-state index >= 15 is 0 Å². The Hall–Kier alpha value is -3.10. The number of hydrogen-bond acceptors (Lipinski definition) is 4. The van der Waals surface area contributed by atoms with E-state index in [1.54, 1.807) is 6.92 Å². The van der Waals surface area contributed by atoms with Crippen molar-refractivity contribution in [3.8, 4) is 0 Å². The topological polar surface area (TPSA) is 151 Å². The van der Waals surface area contributed by atoms with Gasteiger partial charge in [-0.15, -0.1) is 0 Å². The molecule has 1 fully saturated rings. The summed E-state index contributed by atoms with van der Waals surface area (Å²) >= 11 is 0. The van der Waals surface area contributed by atoms with Crippen molar-refractivity contribution < 1.29 is 19.5 Å². The van der Waals surface area contributed by atoms with Crippen LogP contribution in [-0.4, -0.2) is 46.5 Å². The lowest BCUT2D eigenvalue weighted by molar-refractivity contribution is -0.166. The number of guanidine groups is 1. The first kappa shape index (κ1) is 19.2. The van der Waals surface area contributed by atoms with Crippen molar-refractivity contribution in [1.82, 2.24) is 10.2 Å². The van der Waals surface area contributed by atoms with Gasteiger partial charge in [-0.05, 0) is 25.3 Å². The molecule has 0 bridgehead atoms. The van der Waals surface area contributed by atoms with Gasteiger partial charge in [0.15, 0.2) is 12.0 Å². The number of aliphatic imine (C=N–C) groups is 1. The number of amides is 3. The van der Waals surface area contributed by atoms with E-state index in [4.69, 9.17) is 11.5 Å². The standard InChI is InChI=1S/C17H23N5O4/c1-10(11-6-3-2-4-7-11)21-17(26)22-13(15(24)25)12(14(22)23)8-5-9-20-16(18)19/h2-4,6-7,10,12-13H,5,8-9H2,1H3,(H,21,26)(H,24,25)(H4,18,19,20)/t10-,12-,13+/m1/s1. The van der Waals surface area contributed by atoms with E-state index in [2.05, 4.69) is 10.3 Å². The highest BCUT2D eigenvalue weighted by molar-refractivity contribution is 6.07. The highest BCUT2D eigenvalue weighted by Gasteiger charge is 2.54. The van der Waals surface area contributed by atoms with E-state index in [1.807, 2.05) is 30.3 Å². The number of carbonyl (C=O) groups is 3. The molecule has 3 atom stereocenters. The normalized spacial score (nSPS) is 20.0. The number of likely N-dealkylation sites (tertiary alicyclic amines) is 1. The average molecular weight is 361 g/mol. The number of rotatable bonds is 7. The molecule has 6 N–H and O–H groups in total. The molecule has 1 aliphatic rings. The first-order valence-corrected chi connectivity index (χ1v) is 8.29. The summed E-state index contributed by atoms with van der Waals surface area (Å²) in [6.07, 6.45) is 0.749. The Morgan fingerprint density at radius 1 is 1.31 bits per heavy atom. The predicted octanol–water partition coefficient (Wildman–Crippen LogP) is 0.422. The van der Waals surface area contributed by atoms with E-state index in [9.17, 15) is 19.5 Å². The summed E-state index contributed by atoms with van der Waals surface area (Å²) in [4.78, 5) is 40.7. The maximum Gasteiger partial charge on any atom is 0.327 e. The Morgan fingerprint density at radius 3 is 2.54 bits per heavy atom. The number of nitrogens with one attached hydrogen (secondary N) is 1. The second kappa shape index (κ2) is 8.32. The van der Waals surface area contributed by atoms with Gasteiger partial charge in [0.05, 0.1) is 12.0 Å². The van der Waals surface area contributed by atoms with Gasteiger partial charge in [0.2, 0.25) is 5.91 Å². The number of nitrogens with zero attached hydrogens (tertiary/aromatic N) is 2. The highest BCUT2D eigenvalue weighted by atomic mass is 16.4. The SMILES string of the molecule is C[C@@H](NC(=O)N1C(=O)[C@H](CCCN=C(N)N)[C@H]1C(=O)O)c1ccccc1. The van der Waals surface area contributed by atoms with Crippen LogP contribution in [0.25, 0.3) is 0 Å². The molecule has 0 aliphatic carbocycles. The maximum atomic E-state index is 12.4. The van der Waals surface area contributed by atoms with Gasteiger partial charge in [-0.3, -0.25) is 9.79 Å². The van der Waals surface area contributed by atoms with Crippen LogP contribution in [0.5, 0.6) is 0 Å². The van der Waals surface area contributed by atoms with E-state index in [0.29, 0.717) is 19.4 Å². The Balaban J connectivity index is 1.97. The molecule has 0 saturated carbocycles. The fraction of sp³-hybridized carbons (Fsp3) is 0.412. The minimum absolute atomic E-state index is 0.0596. The first-order valence-electron chi connectivity index (χ1n) is 8.29. The van der Waals surface area contributed by atoms with Gasteiger partial charge in [-0.25, -0.2) is 14.5 Å². The quantitative estimate of drug-likeness (QED) is 0.239. The Morgan fingerprint density at radius 2 is 1.96 bits per heavy atom. The molecular weight excluding hydrogens is 338 g/mol. The molecule has 0 aromatic heterocycles. The zero-order chi connectivity index (χ0) is 19.3. The third kappa shape index (κ3) is 4.29. The van der Waals surface area contributed by atoms with Crippen molar-refractivity contribution in [2.24, 2.45) is 22.4 Å². The van der Waals surface area contributed by atoms with Gasteiger partial charge in [-0.2, -0.15) is 0 Å². The van der Waals surface area contributed by atoms with Crippen molar-refractivity contribution in [2.45, 2.75) is 31.8 Å². The minimum atomic E-state index is -1.21. The summed E-state index contributed by atoms with van der Waals surface area (Å²) in [5.74, 6) is -2.52. The van der Waals surface area contributed by atoms with Crippen molar-refractivity contribution >= 4 is 23.9 Å². The van der Waals surface area contributed by atoms with Crippen LogP contribution in [0, 0.1) is 5.92 Å². The number of carboxylic acid groups (broad SMARTS) is 1. The molecule has 0 spiro atoms. The molecule has 9 heteroatoms. The average Bonchev–Trinajstić information content (AvgIpc) is 2.59. The largest absolute Gasteiger partial charge is 0.480 e. The molecular formula is C17H23N5O4. The van der Waals surface area contributed by atoms with E-state index in [-0.39, 0.29) is 12.0 Å². The van der Waals surface area contributed by atoms with Crippen LogP contribution in [0.1, 0.15) is 31.4 Å². The van der Waals surface area contributed by atoms with Gasteiger partial charge in [0, 0.05) is 6.54 Å². The lowest BCUT2D eigenvalue weighted by atomic mass is 9.84. The molecule has 1 aromatic carbocycles. The fourth-order valence-electron chi connectivity index (χ4n) is 2.94. The van der Waals surface area contributed by atoms with E-state index in [1.165, 1.54) is 0 Å². The lowest BCUT2D eigenvalue weighted by Crippen LogP contribution is -2.68. The van der Waals surface area contributed by atoms with Crippen molar-refractivity contribution in [1.29, 1.82) is 0 Å². The van der Waals surface area contributed by atoms with Gasteiger partial charge >= 0.3 is 12.0 Å². The molecule has 0 radical (unpaired) electrons. The Bertz CT molecular complexity index is 702. The lowest BCUT2D eigenvalue weighted by Gasteiger charge is -2.43. The third-order valence-electron chi connectivity index (χ3n) is 4.29. The van der Waals surface area contributed by atoms with Crippen molar-refractivity contribution in [3.63, 3.8) is 0 Å². The predicted molar refractivity (Wildman–Crippen MR) is 95.1 cm³/mol. The zero-order valence-corrected chi connectivity index (χ0v) is 14.5. The van der Waals surface area contributed by atoms with Gasteiger partial charge in [-0.1, -0.05) is 30.3 Å². The van der Waals surface area contributed by atoms with Gasteiger partial charge < -0.3 is 21.9 Å². The number of benzene rings is 1. The molecule has 26 heavy (non-hydrogen) atoms. The number of nitrogens with two attached hydrogens (primary N) is 2. The van der Waals surface area contributed by atoms with E-state index < -0.39 is 29.9 Å². The Kier molecular flexibility index (Phi) is 6.16. The number of hydrogen-bond donors (Lipinski definition) is 4. The molecule has 9 nitrogen and oxygen atoms in total. The number of imide groups is 1. The molecule has 0 unspecified atom stereocenters. The summed E-state index contributed by atoms with van der Waals surface area (Å²) in [7, 11) is 0. The number of carboxylic acids is 1. The highest BCUT2D eigenvalue weighted by Crippen LogP contribution is 2.31. The summed E-state index contributed by atoms with van der Waals surface area (Å²) in [5, 5.41) is 12.1. The zero-order valence-electron chi connectivity index (χ0n) is 14.5. The molecule has 3 amide bonds. The maximum absolute atomic E-state index is 12.4. The number of urea groups is 1. The molecule has 140 valence electrons. The number of β-lactam (4-membered cyclic amide) rings is 1. The summed E-state index contributed by atoms with van der Waals surface area (Å²) < 4.78 is 0. The second-order valence-electron chi connectivity index (χ2n) is 6.13. The van der Waals surface area contributed by atoms with Crippen LogP contribution in [0.15, 0.2) is 35.3 Å². The molecule has 1 saturated heterocycles. The monoisotopic (exact) mass is 361 g/mol.